The fourth-order valence-corrected chi connectivity index (χ4v) is 5.44. The predicted octanol–water partition coefficient (Wildman–Crippen LogP) is 3.98. The molecule has 2 aromatic rings. The van der Waals surface area contributed by atoms with Gasteiger partial charge in [0.25, 0.3) is 11.8 Å². The number of thioether (sulfide) groups is 1. The van der Waals surface area contributed by atoms with E-state index in [1.807, 2.05) is 18.7 Å². The highest BCUT2D eigenvalue weighted by molar-refractivity contribution is 7.99. The number of carbonyl (C=O) groups is 2. The third-order valence-electron chi connectivity index (χ3n) is 6.30. The third kappa shape index (κ3) is 6.20. The molecule has 0 bridgehead atoms. The fourth-order valence-electron chi connectivity index (χ4n) is 4.38. The summed E-state index contributed by atoms with van der Waals surface area (Å²) in [5.74, 6) is 0.847. The zero-order valence-corrected chi connectivity index (χ0v) is 20.0. The second-order valence-electron chi connectivity index (χ2n) is 8.95. The largest absolute Gasteiger partial charge is 0.507 e. The van der Waals surface area contributed by atoms with Gasteiger partial charge in [-0.15, -0.1) is 0 Å². The molecule has 0 unspecified atom stereocenters. The first-order valence-electron chi connectivity index (χ1n) is 11.7. The van der Waals surface area contributed by atoms with Crippen molar-refractivity contribution >= 4 is 23.6 Å². The lowest BCUT2D eigenvalue weighted by atomic mass is 9.90. The van der Waals surface area contributed by atoms with Crippen LogP contribution in [0.3, 0.4) is 0 Å². The molecule has 1 aromatic heterocycles. The first-order valence-corrected chi connectivity index (χ1v) is 12.9. The Kier molecular flexibility index (Phi) is 7.92. The number of pyridine rings is 1. The lowest BCUT2D eigenvalue weighted by molar-refractivity contribution is 0.0884. The number of aromatic hydroxyl groups is 1. The summed E-state index contributed by atoms with van der Waals surface area (Å²) in [7, 11) is 0. The van der Waals surface area contributed by atoms with Crippen molar-refractivity contribution in [2.45, 2.75) is 63.6 Å². The maximum Gasteiger partial charge on any atom is 0.257 e. The quantitative estimate of drug-likeness (QED) is 0.570. The maximum absolute atomic E-state index is 13.9. The standard InChI is InChI=1S/C25H30FN3O4S/c1-15-2-7-20(22(30)12-15)23(31)28-17-3-5-18(6-4-17)29-24(32)21-13-16(26)14-27-25(21)33-19-8-10-34-11-9-19/h2,7,12-14,17-19,30H,3-6,8-11H2,1H3,(H,28,31)(H,29,32). The number of phenolic OH excluding ortho intramolecular Hbond substituents is 1. The minimum absolute atomic E-state index is 0.0159. The molecular formula is C25H30FN3O4S. The van der Waals surface area contributed by atoms with E-state index in [0.717, 1.165) is 36.1 Å². The van der Waals surface area contributed by atoms with Gasteiger partial charge >= 0.3 is 0 Å². The van der Waals surface area contributed by atoms with E-state index in [1.54, 1.807) is 18.2 Å². The Hall–Kier alpha value is -2.81. The molecule has 1 saturated carbocycles. The van der Waals surface area contributed by atoms with Crippen molar-refractivity contribution < 1.29 is 23.8 Å². The van der Waals surface area contributed by atoms with Gasteiger partial charge < -0.3 is 20.5 Å². The Labute approximate surface area is 202 Å². The molecule has 34 heavy (non-hydrogen) atoms. The topological polar surface area (TPSA) is 101 Å². The van der Waals surface area contributed by atoms with Gasteiger partial charge in [-0.2, -0.15) is 11.8 Å². The molecule has 0 radical (unpaired) electrons. The van der Waals surface area contributed by atoms with Crippen LogP contribution in [-0.4, -0.2) is 51.6 Å². The van der Waals surface area contributed by atoms with Crippen LogP contribution in [0.4, 0.5) is 4.39 Å². The number of ether oxygens (including phenoxy) is 1. The molecule has 0 spiro atoms. The highest BCUT2D eigenvalue weighted by atomic mass is 32.2. The number of nitrogens with zero attached hydrogens (tertiary/aromatic N) is 1. The average molecular weight is 488 g/mol. The van der Waals surface area contributed by atoms with Gasteiger partial charge in [-0.05, 0) is 80.7 Å². The summed E-state index contributed by atoms with van der Waals surface area (Å²) in [6, 6.07) is 6.01. The molecule has 2 heterocycles. The van der Waals surface area contributed by atoms with Crippen molar-refractivity contribution in [2.75, 3.05) is 11.5 Å². The molecule has 4 rings (SSSR count). The summed E-state index contributed by atoms with van der Waals surface area (Å²) in [5.41, 5.74) is 1.25. The predicted molar refractivity (Wildman–Crippen MR) is 129 cm³/mol. The van der Waals surface area contributed by atoms with Crippen LogP contribution in [-0.2, 0) is 0 Å². The summed E-state index contributed by atoms with van der Waals surface area (Å²) >= 11 is 1.87. The van der Waals surface area contributed by atoms with Gasteiger partial charge in [0.15, 0.2) is 0 Å². The highest BCUT2D eigenvalue weighted by Gasteiger charge is 2.27. The van der Waals surface area contributed by atoms with Gasteiger partial charge in [0.1, 0.15) is 23.2 Å². The Morgan fingerprint density at radius 2 is 1.62 bits per heavy atom. The van der Waals surface area contributed by atoms with E-state index >= 15 is 0 Å². The van der Waals surface area contributed by atoms with Gasteiger partial charge in [0.2, 0.25) is 5.88 Å². The van der Waals surface area contributed by atoms with E-state index in [-0.39, 0.29) is 46.9 Å². The summed E-state index contributed by atoms with van der Waals surface area (Å²) in [4.78, 5) is 29.5. The fraction of sp³-hybridized carbons (Fsp3) is 0.480. The van der Waals surface area contributed by atoms with Crippen LogP contribution < -0.4 is 15.4 Å². The Morgan fingerprint density at radius 1 is 1.00 bits per heavy atom. The van der Waals surface area contributed by atoms with E-state index in [0.29, 0.717) is 25.7 Å². The molecule has 2 aliphatic rings. The molecule has 2 fully saturated rings. The van der Waals surface area contributed by atoms with E-state index in [9.17, 15) is 19.1 Å². The van der Waals surface area contributed by atoms with Gasteiger partial charge in [-0.25, -0.2) is 9.37 Å². The smallest absolute Gasteiger partial charge is 0.257 e. The molecule has 2 amide bonds. The number of halogens is 1. The van der Waals surface area contributed by atoms with Crippen LogP contribution in [0.5, 0.6) is 11.6 Å². The summed E-state index contributed by atoms with van der Waals surface area (Å²) in [5, 5.41) is 16.0. The number of hydrogen-bond donors (Lipinski definition) is 3. The number of aromatic nitrogens is 1. The molecule has 1 aliphatic carbocycles. The third-order valence-corrected chi connectivity index (χ3v) is 7.35. The van der Waals surface area contributed by atoms with Crippen LogP contribution in [0.2, 0.25) is 0 Å². The number of amides is 2. The summed E-state index contributed by atoms with van der Waals surface area (Å²) in [6.07, 6.45) is 5.54. The van der Waals surface area contributed by atoms with Crippen molar-refractivity contribution in [3.63, 3.8) is 0 Å². The van der Waals surface area contributed by atoms with E-state index < -0.39 is 11.7 Å². The van der Waals surface area contributed by atoms with Crippen molar-refractivity contribution in [3.8, 4) is 11.6 Å². The number of phenols is 1. The maximum atomic E-state index is 13.9. The minimum atomic E-state index is -0.581. The van der Waals surface area contributed by atoms with Crippen molar-refractivity contribution in [1.82, 2.24) is 15.6 Å². The van der Waals surface area contributed by atoms with E-state index in [1.165, 1.54) is 6.07 Å². The second kappa shape index (κ2) is 11.1. The number of carbonyl (C=O) groups excluding carboxylic acids is 2. The van der Waals surface area contributed by atoms with Gasteiger partial charge in [-0.1, -0.05) is 6.07 Å². The Morgan fingerprint density at radius 3 is 2.24 bits per heavy atom. The van der Waals surface area contributed by atoms with Crippen LogP contribution in [0.25, 0.3) is 0 Å². The van der Waals surface area contributed by atoms with E-state index in [4.69, 9.17) is 4.74 Å². The minimum Gasteiger partial charge on any atom is -0.507 e. The first kappa shape index (κ1) is 24.3. The zero-order valence-electron chi connectivity index (χ0n) is 19.2. The van der Waals surface area contributed by atoms with Crippen LogP contribution in [0.15, 0.2) is 30.5 Å². The highest BCUT2D eigenvalue weighted by Crippen LogP contribution is 2.26. The molecule has 0 atom stereocenters. The number of hydrogen-bond acceptors (Lipinski definition) is 6. The zero-order chi connectivity index (χ0) is 24.1. The SMILES string of the molecule is Cc1ccc(C(=O)NC2CCC(NC(=O)c3cc(F)cnc3OC3CCSCC3)CC2)c(O)c1. The molecule has 182 valence electrons. The number of nitrogens with one attached hydrogen (secondary N) is 2. The molecule has 7 nitrogen and oxygen atoms in total. The van der Waals surface area contributed by atoms with Crippen LogP contribution in [0.1, 0.15) is 64.8 Å². The molecule has 9 heteroatoms. The number of rotatable bonds is 6. The molecule has 1 aliphatic heterocycles. The lowest BCUT2D eigenvalue weighted by Gasteiger charge is -2.30. The second-order valence-corrected chi connectivity index (χ2v) is 10.2. The van der Waals surface area contributed by atoms with Crippen LogP contribution in [0, 0.1) is 12.7 Å². The summed E-state index contributed by atoms with van der Waals surface area (Å²) in [6.45, 7) is 1.85. The normalized spacial score (nSPS) is 21.0. The lowest BCUT2D eigenvalue weighted by Crippen LogP contribution is -2.44. The van der Waals surface area contributed by atoms with Gasteiger partial charge in [0, 0.05) is 12.1 Å². The van der Waals surface area contributed by atoms with Crippen molar-refractivity contribution in [2.24, 2.45) is 0 Å². The van der Waals surface area contributed by atoms with Gasteiger partial charge in [0.05, 0.1) is 11.8 Å². The molecule has 1 aromatic carbocycles. The number of aryl methyl sites for hydroxylation is 1. The number of benzene rings is 1. The first-order chi connectivity index (χ1) is 16.4. The molecular weight excluding hydrogens is 457 g/mol. The van der Waals surface area contributed by atoms with Crippen molar-refractivity contribution in [1.29, 1.82) is 0 Å². The average Bonchev–Trinajstić information content (AvgIpc) is 2.82. The van der Waals surface area contributed by atoms with Gasteiger partial charge in [-0.3, -0.25) is 9.59 Å². The molecule has 3 N–H and O–H groups in total. The van der Waals surface area contributed by atoms with Crippen molar-refractivity contribution in [3.05, 3.63) is 53.0 Å². The Bertz CT molecular complexity index is 1040. The monoisotopic (exact) mass is 487 g/mol. The molecule has 1 saturated heterocycles. The Balaban J connectivity index is 1.31. The van der Waals surface area contributed by atoms with E-state index in [2.05, 4.69) is 15.6 Å². The van der Waals surface area contributed by atoms with Crippen LogP contribution >= 0.6 is 11.8 Å². The summed E-state index contributed by atoms with van der Waals surface area (Å²) < 4.78 is 19.8.